The van der Waals surface area contributed by atoms with Crippen LogP contribution in [0.4, 0.5) is 5.95 Å². The molecule has 22 heavy (non-hydrogen) atoms. The van der Waals surface area contributed by atoms with Gasteiger partial charge in [0.05, 0.1) is 6.33 Å². The average Bonchev–Trinajstić information content (AvgIpc) is 2.91. The summed E-state index contributed by atoms with van der Waals surface area (Å²) in [6.07, 6.45) is 5.65. The van der Waals surface area contributed by atoms with Gasteiger partial charge in [0, 0.05) is 30.9 Å². The number of aromatic amines is 1. The second-order valence-corrected chi connectivity index (χ2v) is 4.83. The number of hydrogen-bond acceptors (Lipinski definition) is 6. The van der Waals surface area contributed by atoms with Gasteiger partial charge in [-0.15, -0.1) is 0 Å². The first-order valence-electron chi connectivity index (χ1n) is 6.79. The van der Waals surface area contributed by atoms with E-state index in [1.165, 1.54) is 6.33 Å². The predicted molar refractivity (Wildman–Crippen MR) is 80.4 cm³/mol. The number of aromatic nitrogens is 5. The zero-order valence-corrected chi connectivity index (χ0v) is 11.7. The fraction of sp³-hybridized carbons (Fsp3) is 0.214. The first kappa shape index (κ1) is 13.9. The third kappa shape index (κ3) is 2.71. The first-order valence-corrected chi connectivity index (χ1v) is 6.79. The zero-order valence-electron chi connectivity index (χ0n) is 11.7. The zero-order chi connectivity index (χ0) is 15.5. The Hall–Kier alpha value is -3.03. The Morgan fingerprint density at radius 3 is 3.05 bits per heavy atom. The Balaban J connectivity index is 1.70. The molecule has 3 aromatic heterocycles. The van der Waals surface area contributed by atoms with Crippen LogP contribution in [-0.2, 0) is 6.54 Å². The quantitative estimate of drug-likeness (QED) is 0.671. The number of ketones is 1. The molecule has 0 aliphatic heterocycles. The summed E-state index contributed by atoms with van der Waals surface area (Å²) in [5, 5.41) is 0. The van der Waals surface area contributed by atoms with Gasteiger partial charge < -0.3 is 10.3 Å². The summed E-state index contributed by atoms with van der Waals surface area (Å²) in [4.78, 5) is 38.3. The molecule has 0 amide bonds. The second-order valence-electron chi connectivity index (χ2n) is 4.83. The normalized spacial score (nSPS) is 10.9. The molecular formula is C14H14N6O2. The van der Waals surface area contributed by atoms with Crippen LogP contribution in [-0.4, -0.2) is 30.3 Å². The highest BCUT2D eigenvalue weighted by atomic mass is 16.1. The molecule has 3 rings (SSSR count). The number of nitrogens with zero attached hydrogens (tertiary/aromatic N) is 4. The fourth-order valence-corrected chi connectivity index (χ4v) is 2.25. The highest BCUT2D eigenvalue weighted by Crippen LogP contribution is 2.09. The van der Waals surface area contributed by atoms with Gasteiger partial charge in [0.25, 0.3) is 5.56 Å². The van der Waals surface area contributed by atoms with E-state index in [-0.39, 0.29) is 17.3 Å². The number of nitrogen functional groups attached to an aromatic ring is 1. The van der Waals surface area contributed by atoms with Crippen molar-refractivity contribution in [1.82, 2.24) is 24.5 Å². The van der Waals surface area contributed by atoms with Crippen LogP contribution in [0.5, 0.6) is 0 Å². The minimum absolute atomic E-state index is 0.0220. The molecule has 8 heteroatoms. The van der Waals surface area contributed by atoms with Crippen LogP contribution in [0.3, 0.4) is 0 Å². The molecule has 3 aromatic rings. The Kier molecular flexibility index (Phi) is 3.65. The molecule has 0 radical (unpaired) electrons. The summed E-state index contributed by atoms with van der Waals surface area (Å²) in [7, 11) is 0. The van der Waals surface area contributed by atoms with E-state index in [1.807, 2.05) is 0 Å². The van der Waals surface area contributed by atoms with Crippen molar-refractivity contribution in [1.29, 1.82) is 0 Å². The number of Topliss-reactive ketones (excluding diaryl/α,β-unsaturated/α-hetero) is 1. The lowest BCUT2D eigenvalue weighted by molar-refractivity contribution is 0.0978. The topological polar surface area (TPSA) is 120 Å². The largest absolute Gasteiger partial charge is 0.369 e. The molecule has 0 aliphatic rings. The number of nitrogens with one attached hydrogen (secondary N) is 1. The molecule has 0 aromatic carbocycles. The maximum Gasteiger partial charge on any atom is 0.278 e. The molecule has 0 unspecified atom stereocenters. The number of fused-ring (bicyclic) bond motifs is 1. The lowest BCUT2D eigenvalue weighted by atomic mass is 10.1. The number of nitrogens with two attached hydrogens (primary N) is 1. The van der Waals surface area contributed by atoms with Gasteiger partial charge in [-0.2, -0.15) is 4.98 Å². The van der Waals surface area contributed by atoms with Crippen molar-refractivity contribution < 1.29 is 4.79 Å². The minimum Gasteiger partial charge on any atom is -0.369 e. The summed E-state index contributed by atoms with van der Waals surface area (Å²) in [6.45, 7) is 0.497. The molecule has 0 saturated carbocycles. The number of anilines is 1. The SMILES string of the molecule is Nc1nc2ncn(CCCC(=O)c3cccnc3)c2c(=O)[nH]1. The van der Waals surface area contributed by atoms with Gasteiger partial charge in [0.1, 0.15) is 0 Å². The van der Waals surface area contributed by atoms with Crippen molar-refractivity contribution >= 4 is 22.9 Å². The van der Waals surface area contributed by atoms with Crippen LogP contribution in [0.25, 0.3) is 11.2 Å². The number of carbonyl (C=O) groups is 1. The van der Waals surface area contributed by atoms with Crippen molar-refractivity contribution in [2.24, 2.45) is 0 Å². The number of rotatable bonds is 5. The van der Waals surface area contributed by atoms with Crippen LogP contribution in [0.1, 0.15) is 23.2 Å². The second kappa shape index (κ2) is 5.76. The van der Waals surface area contributed by atoms with Gasteiger partial charge in [0.2, 0.25) is 5.95 Å². The number of H-pyrrole nitrogens is 1. The molecule has 0 atom stereocenters. The molecule has 0 spiro atoms. The Labute approximate surface area is 125 Å². The molecule has 0 bridgehead atoms. The molecule has 8 nitrogen and oxygen atoms in total. The maximum atomic E-state index is 12.0. The third-order valence-electron chi connectivity index (χ3n) is 3.29. The van der Waals surface area contributed by atoms with Gasteiger partial charge in [-0.3, -0.25) is 19.6 Å². The third-order valence-corrected chi connectivity index (χ3v) is 3.29. The summed E-state index contributed by atoms with van der Waals surface area (Å²) in [5.74, 6) is 0.0586. The molecule has 3 N–H and O–H groups in total. The summed E-state index contributed by atoms with van der Waals surface area (Å²) in [5.41, 5.74) is 6.39. The maximum absolute atomic E-state index is 12.0. The molecular weight excluding hydrogens is 284 g/mol. The minimum atomic E-state index is -0.335. The van der Waals surface area contributed by atoms with Crippen LogP contribution in [0.15, 0.2) is 35.6 Å². The Morgan fingerprint density at radius 1 is 1.41 bits per heavy atom. The van der Waals surface area contributed by atoms with Gasteiger partial charge in [-0.05, 0) is 18.6 Å². The lowest BCUT2D eigenvalue weighted by Crippen LogP contribution is -2.14. The van der Waals surface area contributed by atoms with Gasteiger partial charge in [-0.1, -0.05) is 0 Å². The number of aryl methyl sites for hydroxylation is 1. The Morgan fingerprint density at radius 2 is 2.27 bits per heavy atom. The van der Waals surface area contributed by atoms with Crippen molar-refractivity contribution in [2.75, 3.05) is 5.73 Å². The molecule has 112 valence electrons. The van der Waals surface area contributed by atoms with E-state index >= 15 is 0 Å². The van der Waals surface area contributed by atoms with Gasteiger partial charge >= 0.3 is 0 Å². The number of hydrogen-bond donors (Lipinski definition) is 2. The number of carbonyl (C=O) groups excluding carboxylic acids is 1. The molecule has 0 fully saturated rings. The lowest BCUT2D eigenvalue weighted by Gasteiger charge is -2.03. The van der Waals surface area contributed by atoms with Crippen molar-refractivity contribution in [2.45, 2.75) is 19.4 Å². The highest BCUT2D eigenvalue weighted by molar-refractivity contribution is 5.95. The van der Waals surface area contributed by atoms with E-state index < -0.39 is 0 Å². The smallest absolute Gasteiger partial charge is 0.278 e. The summed E-state index contributed by atoms with van der Waals surface area (Å²) in [6, 6.07) is 3.46. The van der Waals surface area contributed by atoms with Gasteiger partial charge in [-0.25, -0.2) is 4.98 Å². The highest BCUT2D eigenvalue weighted by Gasteiger charge is 2.10. The molecule has 3 heterocycles. The van der Waals surface area contributed by atoms with E-state index in [0.29, 0.717) is 36.1 Å². The van der Waals surface area contributed by atoms with Crippen LogP contribution in [0, 0.1) is 0 Å². The molecule has 0 saturated heterocycles. The van der Waals surface area contributed by atoms with E-state index in [1.54, 1.807) is 29.1 Å². The predicted octanol–water partition coefficient (Wildman–Crippen LogP) is 0.760. The monoisotopic (exact) mass is 298 g/mol. The number of imidazole rings is 1. The van der Waals surface area contributed by atoms with E-state index in [9.17, 15) is 9.59 Å². The first-order chi connectivity index (χ1) is 10.6. The van der Waals surface area contributed by atoms with Crippen LogP contribution >= 0.6 is 0 Å². The van der Waals surface area contributed by atoms with Gasteiger partial charge in [0.15, 0.2) is 16.9 Å². The fourth-order valence-electron chi connectivity index (χ4n) is 2.25. The van der Waals surface area contributed by atoms with E-state index in [2.05, 4.69) is 19.9 Å². The van der Waals surface area contributed by atoms with E-state index in [4.69, 9.17) is 5.73 Å². The van der Waals surface area contributed by atoms with Crippen molar-refractivity contribution in [3.63, 3.8) is 0 Å². The number of pyridine rings is 1. The standard InChI is InChI=1S/C14H14N6O2/c15-14-18-12-11(13(22)19-14)20(8-17-12)6-2-4-10(21)9-3-1-5-16-7-9/h1,3,5,7-8H,2,4,6H2,(H3,15,18,19,22). The van der Waals surface area contributed by atoms with E-state index in [0.717, 1.165) is 0 Å². The average molecular weight is 298 g/mol. The van der Waals surface area contributed by atoms with Crippen molar-refractivity contribution in [3.8, 4) is 0 Å². The Bertz CT molecular complexity index is 868. The van der Waals surface area contributed by atoms with Crippen LogP contribution in [0.2, 0.25) is 0 Å². The van der Waals surface area contributed by atoms with Crippen LogP contribution < -0.4 is 11.3 Å². The summed E-state index contributed by atoms with van der Waals surface area (Å²) < 4.78 is 1.68. The molecule has 0 aliphatic carbocycles. The summed E-state index contributed by atoms with van der Waals surface area (Å²) >= 11 is 0. The van der Waals surface area contributed by atoms with Crippen molar-refractivity contribution in [3.05, 3.63) is 46.8 Å².